The molecule has 1 amide bonds. The van der Waals surface area contributed by atoms with Crippen molar-refractivity contribution in [3.8, 4) is 11.8 Å². The number of nitrogens with zero attached hydrogens (tertiary/aromatic N) is 2. The van der Waals surface area contributed by atoms with Gasteiger partial charge in [-0.05, 0) is 36.3 Å². The van der Waals surface area contributed by atoms with Crippen LogP contribution in [0, 0.1) is 18.3 Å². The number of aryl methyl sites for hydroxylation is 1. The van der Waals surface area contributed by atoms with Crippen molar-refractivity contribution in [2.24, 2.45) is 0 Å². The summed E-state index contributed by atoms with van der Waals surface area (Å²) < 4.78 is 5.39. The van der Waals surface area contributed by atoms with Gasteiger partial charge in [0.2, 0.25) is 0 Å². The van der Waals surface area contributed by atoms with E-state index in [9.17, 15) is 10.1 Å². The Morgan fingerprint density at radius 2 is 1.93 bits per heavy atom. The Morgan fingerprint density at radius 3 is 2.54 bits per heavy atom. The van der Waals surface area contributed by atoms with Crippen LogP contribution in [-0.4, -0.2) is 27.1 Å². The van der Waals surface area contributed by atoms with Gasteiger partial charge in [-0.15, -0.1) is 0 Å². The van der Waals surface area contributed by atoms with Gasteiger partial charge in [0.15, 0.2) is 0 Å². The monoisotopic (exact) mass is 375 g/mol. The van der Waals surface area contributed by atoms with Crippen LogP contribution < -0.4 is 15.0 Å². The molecule has 28 heavy (non-hydrogen) atoms. The van der Waals surface area contributed by atoms with Crippen LogP contribution in [0.4, 0.5) is 5.69 Å². The summed E-state index contributed by atoms with van der Waals surface area (Å²) in [6.07, 6.45) is 5.08. The van der Waals surface area contributed by atoms with E-state index < -0.39 is 5.91 Å². The van der Waals surface area contributed by atoms with Crippen LogP contribution in [0.25, 0.3) is 6.08 Å². The molecule has 1 N–H and O–H groups in total. The van der Waals surface area contributed by atoms with Crippen molar-refractivity contribution in [2.45, 2.75) is 13.5 Å². The molecular formula is C23H25N3O2. The predicted octanol–water partition coefficient (Wildman–Crippen LogP) is 3.85. The van der Waals surface area contributed by atoms with E-state index in [2.05, 4.69) is 5.32 Å². The number of hydrogen-bond acceptors (Lipinski definition) is 4. The van der Waals surface area contributed by atoms with E-state index in [0.29, 0.717) is 6.54 Å². The second-order valence-corrected chi connectivity index (χ2v) is 6.49. The van der Waals surface area contributed by atoms with Crippen LogP contribution in [0.5, 0.6) is 5.75 Å². The molecule has 2 rings (SSSR count). The van der Waals surface area contributed by atoms with Crippen molar-refractivity contribution < 1.29 is 9.53 Å². The Kier molecular flexibility index (Phi) is 7.41. The van der Waals surface area contributed by atoms with Crippen molar-refractivity contribution in [1.29, 1.82) is 5.26 Å². The highest BCUT2D eigenvalue weighted by Gasteiger charge is 2.10. The molecule has 0 bridgehead atoms. The number of anilines is 1. The molecule has 0 saturated carbocycles. The molecule has 0 aliphatic carbocycles. The minimum atomic E-state index is -0.418. The Labute approximate surface area is 166 Å². The van der Waals surface area contributed by atoms with Gasteiger partial charge in [0.05, 0.1) is 7.11 Å². The zero-order chi connectivity index (χ0) is 20.5. The van der Waals surface area contributed by atoms with Crippen molar-refractivity contribution in [1.82, 2.24) is 5.32 Å². The lowest BCUT2D eigenvalue weighted by molar-refractivity contribution is -0.117. The summed E-state index contributed by atoms with van der Waals surface area (Å²) in [6.45, 7) is 2.24. The lowest BCUT2D eigenvalue weighted by Crippen LogP contribution is -2.24. The Balaban J connectivity index is 2.03. The summed E-state index contributed by atoms with van der Waals surface area (Å²) in [6, 6.07) is 15.7. The molecule has 0 spiro atoms. The maximum atomic E-state index is 12.3. The molecule has 0 aliphatic heterocycles. The van der Waals surface area contributed by atoms with E-state index in [1.165, 1.54) is 6.08 Å². The largest absolute Gasteiger partial charge is 0.496 e. The molecule has 2 aromatic rings. The molecule has 0 radical (unpaired) electrons. The fourth-order valence-corrected chi connectivity index (χ4v) is 2.72. The van der Waals surface area contributed by atoms with Gasteiger partial charge in [0, 0.05) is 31.9 Å². The molecule has 0 unspecified atom stereocenters. The number of para-hydroxylation sites is 1. The highest BCUT2D eigenvalue weighted by atomic mass is 16.5. The summed E-state index contributed by atoms with van der Waals surface area (Å²) in [4.78, 5) is 14.3. The van der Waals surface area contributed by atoms with Crippen LogP contribution in [0.15, 0.2) is 60.2 Å². The Hall–Kier alpha value is -3.52. The third-order valence-electron chi connectivity index (χ3n) is 4.26. The average Bonchev–Trinajstić information content (AvgIpc) is 2.69. The van der Waals surface area contributed by atoms with E-state index in [-0.39, 0.29) is 5.57 Å². The molecule has 0 fully saturated rings. The zero-order valence-electron chi connectivity index (χ0n) is 16.7. The van der Waals surface area contributed by atoms with Crippen molar-refractivity contribution in [2.75, 3.05) is 26.1 Å². The first-order valence-corrected chi connectivity index (χ1v) is 8.92. The number of rotatable bonds is 7. The van der Waals surface area contributed by atoms with Gasteiger partial charge in [-0.1, -0.05) is 42.5 Å². The van der Waals surface area contributed by atoms with Gasteiger partial charge < -0.3 is 15.0 Å². The summed E-state index contributed by atoms with van der Waals surface area (Å²) >= 11 is 0. The standard InChI is InChI=1S/C23H25N3O2/c1-17-7-5-10-20(22(17)28-4)16-25-23(27)19(15-24)9-6-8-18-11-13-21(14-12-18)26(2)3/h5-14H,16H2,1-4H3,(H,25,27)/b8-6+,19-9+. The molecule has 0 atom stereocenters. The molecule has 5 heteroatoms. The second kappa shape index (κ2) is 9.98. The topological polar surface area (TPSA) is 65.4 Å². The van der Waals surface area contributed by atoms with Crippen molar-refractivity contribution in [3.05, 3.63) is 76.9 Å². The number of methoxy groups -OCH3 is 1. The van der Waals surface area contributed by atoms with E-state index >= 15 is 0 Å². The highest BCUT2D eigenvalue weighted by molar-refractivity contribution is 5.97. The SMILES string of the molecule is COc1c(C)cccc1CNC(=O)/C(C#N)=C/C=C/c1ccc(N(C)C)cc1. The number of nitriles is 1. The normalized spacial score (nSPS) is 11.2. The van der Waals surface area contributed by atoms with E-state index in [1.807, 2.05) is 80.5 Å². The van der Waals surface area contributed by atoms with E-state index in [4.69, 9.17) is 4.74 Å². The maximum absolute atomic E-state index is 12.3. The lowest BCUT2D eigenvalue weighted by atomic mass is 10.1. The fraction of sp³-hybridized carbons (Fsp3) is 0.217. The average molecular weight is 375 g/mol. The Morgan fingerprint density at radius 1 is 1.21 bits per heavy atom. The summed E-state index contributed by atoms with van der Waals surface area (Å²) in [5.41, 5.74) is 4.01. The molecule has 0 aliphatic rings. The van der Waals surface area contributed by atoms with Crippen LogP contribution in [0.1, 0.15) is 16.7 Å². The minimum absolute atomic E-state index is 0.0489. The summed E-state index contributed by atoms with van der Waals surface area (Å²) in [5.74, 6) is 0.324. The minimum Gasteiger partial charge on any atom is -0.496 e. The number of ether oxygens (including phenoxy) is 1. The smallest absolute Gasteiger partial charge is 0.262 e. The molecule has 0 aromatic heterocycles. The van der Waals surface area contributed by atoms with Gasteiger partial charge in [0.1, 0.15) is 17.4 Å². The lowest BCUT2D eigenvalue weighted by Gasteiger charge is -2.12. The first kappa shape index (κ1) is 20.8. The summed E-state index contributed by atoms with van der Waals surface area (Å²) in [7, 11) is 5.57. The zero-order valence-corrected chi connectivity index (χ0v) is 16.7. The Bertz CT molecular complexity index is 920. The number of hydrogen-bond donors (Lipinski definition) is 1. The number of benzene rings is 2. The first-order valence-electron chi connectivity index (χ1n) is 8.92. The molecule has 5 nitrogen and oxygen atoms in total. The number of carbonyl (C=O) groups is 1. The molecule has 0 heterocycles. The molecule has 2 aromatic carbocycles. The third-order valence-corrected chi connectivity index (χ3v) is 4.26. The van der Waals surface area contributed by atoms with Gasteiger partial charge >= 0.3 is 0 Å². The van der Waals surface area contributed by atoms with Gasteiger partial charge in [-0.2, -0.15) is 5.26 Å². The fourth-order valence-electron chi connectivity index (χ4n) is 2.72. The van der Waals surface area contributed by atoms with Gasteiger partial charge in [-0.25, -0.2) is 0 Å². The predicted molar refractivity (Wildman–Crippen MR) is 113 cm³/mol. The molecule has 0 saturated heterocycles. The first-order chi connectivity index (χ1) is 13.5. The third kappa shape index (κ3) is 5.49. The van der Waals surface area contributed by atoms with Crippen molar-refractivity contribution in [3.63, 3.8) is 0 Å². The van der Waals surface area contributed by atoms with E-state index in [1.54, 1.807) is 13.2 Å². The molecular weight excluding hydrogens is 350 g/mol. The number of carbonyl (C=O) groups excluding carboxylic acids is 1. The van der Waals surface area contributed by atoms with Gasteiger partial charge in [0.25, 0.3) is 5.91 Å². The van der Waals surface area contributed by atoms with Crippen molar-refractivity contribution >= 4 is 17.7 Å². The van der Waals surface area contributed by atoms with Crippen LogP contribution >= 0.6 is 0 Å². The number of amides is 1. The maximum Gasteiger partial charge on any atom is 0.262 e. The van der Waals surface area contributed by atoms with Gasteiger partial charge in [-0.3, -0.25) is 4.79 Å². The highest BCUT2D eigenvalue weighted by Crippen LogP contribution is 2.22. The molecule has 144 valence electrons. The second-order valence-electron chi connectivity index (χ2n) is 6.49. The van der Waals surface area contributed by atoms with Crippen LogP contribution in [-0.2, 0) is 11.3 Å². The van der Waals surface area contributed by atoms with Crippen LogP contribution in [0.2, 0.25) is 0 Å². The summed E-state index contributed by atoms with van der Waals surface area (Å²) in [5, 5.41) is 12.1. The van der Waals surface area contributed by atoms with E-state index in [0.717, 1.165) is 28.1 Å². The number of nitrogens with one attached hydrogen (secondary N) is 1. The number of allylic oxidation sites excluding steroid dienone is 2. The quantitative estimate of drug-likeness (QED) is 0.453. The van der Waals surface area contributed by atoms with Crippen LogP contribution in [0.3, 0.4) is 0 Å².